The van der Waals surface area contributed by atoms with Gasteiger partial charge in [-0.05, 0) is 24.3 Å². The van der Waals surface area contributed by atoms with Crippen LogP contribution < -0.4 is 5.32 Å². The molecule has 1 aromatic rings. The molecule has 0 radical (unpaired) electrons. The van der Waals surface area contributed by atoms with Gasteiger partial charge >= 0.3 is 5.97 Å². The molecule has 1 aromatic carbocycles. The lowest BCUT2D eigenvalue weighted by Crippen LogP contribution is -2.36. The van der Waals surface area contributed by atoms with Gasteiger partial charge in [0.2, 0.25) is 0 Å². The molecule has 4 nitrogen and oxygen atoms in total. The van der Waals surface area contributed by atoms with Crippen LogP contribution in [0.25, 0.3) is 0 Å². The van der Waals surface area contributed by atoms with Crippen LogP contribution in [0, 0.1) is 0 Å². The molecule has 0 unspecified atom stereocenters. The molecule has 0 aromatic heterocycles. The predicted molar refractivity (Wildman–Crippen MR) is 65.8 cm³/mol. The Labute approximate surface area is 98.0 Å². The van der Waals surface area contributed by atoms with Gasteiger partial charge in [-0.1, -0.05) is 18.2 Å². The van der Waals surface area contributed by atoms with Gasteiger partial charge in [-0.15, -0.1) is 0 Å². The molecule has 2 aliphatic rings. The molecule has 17 heavy (non-hydrogen) atoms. The van der Waals surface area contributed by atoms with E-state index < -0.39 is 5.97 Å². The van der Waals surface area contributed by atoms with Crippen molar-refractivity contribution in [2.24, 2.45) is 4.99 Å². The Bertz CT molecular complexity index is 585. The summed E-state index contributed by atoms with van der Waals surface area (Å²) in [6, 6.07) is 7.25. The van der Waals surface area contributed by atoms with Crippen LogP contribution in [0.5, 0.6) is 0 Å². The highest BCUT2D eigenvalue weighted by Crippen LogP contribution is 2.32. The molecule has 1 atom stereocenters. The van der Waals surface area contributed by atoms with E-state index >= 15 is 0 Å². The number of allylic oxidation sites excluding steroid dienone is 2. The lowest BCUT2D eigenvalue weighted by atomic mass is 9.95. The van der Waals surface area contributed by atoms with Crippen molar-refractivity contribution in [2.75, 3.05) is 5.32 Å². The fourth-order valence-electron chi connectivity index (χ4n) is 2.04. The molecule has 0 fully saturated rings. The second-order valence-corrected chi connectivity index (χ2v) is 3.92. The molecule has 84 valence electrons. The maximum atomic E-state index is 11.1. The van der Waals surface area contributed by atoms with Crippen molar-refractivity contribution in [1.29, 1.82) is 0 Å². The first-order valence-electron chi connectivity index (χ1n) is 5.31. The molecule has 0 bridgehead atoms. The second-order valence-electron chi connectivity index (χ2n) is 3.92. The summed E-state index contributed by atoms with van der Waals surface area (Å²) in [6.45, 7) is 0. The minimum atomic E-state index is -0.918. The van der Waals surface area contributed by atoms with Gasteiger partial charge in [0.05, 0.1) is 22.7 Å². The summed E-state index contributed by atoms with van der Waals surface area (Å²) in [4.78, 5) is 15.6. The zero-order chi connectivity index (χ0) is 11.8. The predicted octanol–water partition coefficient (Wildman–Crippen LogP) is 2.13. The number of carboxylic acid groups (broad SMARTS) is 1. The standard InChI is InChI=1S/C13H10N2O2/c16-13(17)8-4-3-7-11-12(8)15-10-6-2-1-5-9(10)14-11/h1-7,12,15H,(H,16,17)/t12-/m0/s1. The number of benzene rings is 1. The fourth-order valence-corrected chi connectivity index (χ4v) is 2.04. The highest BCUT2D eigenvalue weighted by molar-refractivity contribution is 6.13. The van der Waals surface area contributed by atoms with E-state index in [-0.39, 0.29) is 6.04 Å². The van der Waals surface area contributed by atoms with Gasteiger partial charge in [-0.25, -0.2) is 9.79 Å². The van der Waals surface area contributed by atoms with Gasteiger partial charge in [0.25, 0.3) is 0 Å². The van der Waals surface area contributed by atoms with Crippen molar-refractivity contribution in [1.82, 2.24) is 0 Å². The van der Waals surface area contributed by atoms with Gasteiger partial charge < -0.3 is 10.4 Å². The Morgan fingerprint density at radius 1 is 1.35 bits per heavy atom. The largest absolute Gasteiger partial charge is 0.478 e. The van der Waals surface area contributed by atoms with Crippen LogP contribution in [0.4, 0.5) is 11.4 Å². The van der Waals surface area contributed by atoms with Crippen LogP contribution >= 0.6 is 0 Å². The van der Waals surface area contributed by atoms with Crippen molar-refractivity contribution in [3.8, 4) is 0 Å². The minimum absolute atomic E-state index is 0.320. The number of aliphatic carboxylic acids is 1. The van der Waals surface area contributed by atoms with Crippen molar-refractivity contribution in [3.63, 3.8) is 0 Å². The molecule has 0 saturated heterocycles. The molecular formula is C13H10N2O2. The number of anilines is 1. The third-order valence-corrected chi connectivity index (χ3v) is 2.85. The number of aliphatic imine (C=N–C) groups is 1. The summed E-state index contributed by atoms with van der Waals surface area (Å²) < 4.78 is 0. The summed E-state index contributed by atoms with van der Waals surface area (Å²) in [5.74, 6) is -0.918. The van der Waals surface area contributed by atoms with E-state index in [1.807, 2.05) is 30.3 Å². The fraction of sp³-hybridized carbons (Fsp3) is 0.0769. The first-order chi connectivity index (χ1) is 8.25. The SMILES string of the molecule is O=C(O)C1=CC=CC2=Nc3ccccc3N[C@@H]12. The molecular weight excluding hydrogens is 216 g/mol. The highest BCUT2D eigenvalue weighted by atomic mass is 16.4. The third kappa shape index (κ3) is 1.54. The molecule has 1 aliphatic heterocycles. The number of nitrogens with one attached hydrogen (secondary N) is 1. The van der Waals surface area contributed by atoms with Crippen LogP contribution in [0.2, 0.25) is 0 Å². The second kappa shape index (κ2) is 3.59. The highest BCUT2D eigenvalue weighted by Gasteiger charge is 2.29. The third-order valence-electron chi connectivity index (χ3n) is 2.85. The average Bonchev–Trinajstić information content (AvgIpc) is 2.35. The topological polar surface area (TPSA) is 61.7 Å². The minimum Gasteiger partial charge on any atom is -0.478 e. The summed E-state index contributed by atoms with van der Waals surface area (Å²) in [6.07, 6.45) is 5.15. The zero-order valence-electron chi connectivity index (χ0n) is 8.92. The first-order valence-corrected chi connectivity index (χ1v) is 5.31. The Hall–Kier alpha value is -2.36. The van der Waals surface area contributed by atoms with E-state index in [4.69, 9.17) is 5.11 Å². The molecule has 4 heteroatoms. The molecule has 1 heterocycles. The van der Waals surface area contributed by atoms with Gasteiger partial charge in [-0.3, -0.25) is 0 Å². The van der Waals surface area contributed by atoms with Crippen molar-refractivity contribution >= 4 is 23.1 Å². The summed E-state index contributed by atoms with van der Waals surface area (Å²) >= 11 is 0. The van der Waals surface area contributed by atoms with Crippen molar-refractivity contribution in [3.05, 3.63) is 48.1 Å². The molecule has 0 spiro atoms. The van der Waals surface area contributed by atoms with Gasteiger partial charge in [0.15, 0.2) is 0 Å². The molecule has 1 aliphatic carbocycles. The van der Waals surface area contributed by atoms with Crippen molar-refractivity contribution in [2.45, 2.75) is 6.04 Å². The van der Waals surface area contributed by atoms with Gasteiger partial charge in [-0.2, -0.15) is 0 Å². The number of hydrogen-bond acceptors (Lipinski definition) is 3. The molecule has 0 amide bonds. The first kappa shape index (κ1) is 9.84. The number of hydrogen-bond donors (Lipinski definition) is 2. The molecule has 2 N–H and O–H groups in total. The lowest BCUT2D eigenvalue weighted by molar-refractivity contribution is -0.132. The number of rotatable bonds is 1. The maximum Gasteiger partial charge on any atom is 0.334 e. The monoisotopic (exact) mass is 226 g/mol. The van der Waals surface area contributed by atoms with E-state index in [0.29, 0.717) is 5.57 Å². The quantitative estimate of drug-likeness (QED) is 0.771. The van der Waals surface area contributed by atoms with Crippen LogP contribution in [-0.4, -0.2) is 22.8 Å². The molecule has 3 rings (SSSR count). The van der Waals surface area contributed by atoms with E-state index in [2.05, 4.69) is 10.3 Å². The van der Waals surface area contributed by atoms with E-state index in [0.717, 1.165) is 17.1 Å². The average molecular weight is 226 g/mol. The number of para-hydroxylation sites is 2. The lowest BCUT2D eigenvalue weighted by Gasteiger charge is -2.27. The molecule has 0 saturated carbocycles. The summed E-state index contributed by atoms with van der Waals surface area (Å²) in [5.41, 5.74) is 2.77. The number of carbonyl (C=O) groups is 1. The zero-order valence-corrected chi connectivity index (χ0v) is 8.92. The summed E-state index contributed by atoms with van der Waals surface area (Å²) in [5, 5.41) is 12.3. The number of nitrogens with zero attached hydrogens (tertiary/aromatic N) is 1. The van der Waals surface area contributed by atoms with Crippen LogP contribution in [0.3, 0.4) is 0 Å². The van der Waals surface area contributed by atoms with Crippen LogP contribution in [-0.2, 0) is 4.79 Å². The summed E-state index contributed by atoms with van der Waals surface area (Å²) in [7, 11) is 0. The van der Waals surface area contributed by atoms with Gasteiger partial charge in [0.1, 0.15) is 6.04 Å². The van der Waals surface area contributed by atoms with Crippen molar-refractivity contribution < 1.29 is 9.90 Å². The van der Waals surface area contributed by atoms with E-state index in [1.54, 1.807) is 12.2 Å². The van der Waals surface area contributed by atoms with E-state index in [1.165, 1.54) is 0 Å². The smallest absolute Gasteiger partial charge is 0.334 e. The Morgan fingerprint density at radius 3 is 3.00 bits per heavy atom. The van der Waals surface area contributed by atoms with Crippen LogP contribution in [0.1, 0.15) is 0 Å². The Kier molecular flexibility index (Phi) is 2.08. The Morgan fingerprint density at radius 2 is 2.18 bits per heavy atom. The maximum absolute atomic E-state index is 11.1. The van der Waals surface area contributed by atoms with Crippen LogP contribution in [0.15, 0.2) is 53.1 Å². The Balaban J connectivity index is 2.09. The number of fused-ring (bicyclic) bond motifs is 2. The number of carboxylic acids is 1. The normalized spacial score (nSPS) is 20.6. The van der Waals surface area contributed by atoms with E-state index in [9.17, 15) is 4.79 Å². The van der Waals surface area contributed by atoms with Gasteiger partial charge in [0, 0.05) is 0 Å².